The molecule has 0 aliphatic carbocycles. The molecule has 2 heterocycles. The average Bonchev–Trinajstić information content (AvgIpc) is 2.83. The highest BCUT2D eigenvalue weighted by Gasteiger charge is 2.03. The lowest BCUT2D eigenvalue weighted by Crippen LogP contribution is -2.30. The Labute approximate surface area is 115 Å². The minimum atomic E-state index is -0.142. The molecule has 0 bridgehead atoms. The van der Waals surface area contributed by atoms with E-state index in [1.807, 2.05) is 12.3 Å². The van der Waals surface area contributed by atoms with E-state index >= 15 is 0 Å². The molecule has 0 saturated heterocycles. The van der Waals surface area contributed by atoms with Crippen LogP contribution in [-0.2, 0) is 11.2 Å². The van der Waals surface area contributed by atoms with Crippen molar-refractivity contribution < 1.29 is 9.53 Å². The number of nitrogens with one attached hydrogen (secondary N) is 1. The first-order chi connectivity index (χ1) is 9.24. The Bertz CT molecular complexity index is 528. The number of ether oxygens (including phenoxy) is 1. The molecule has 0 saturated carbocycles. The van der Waals surface area contributed by atoms with Crippen LogP contribution in [0, 0.1) is 6.92 Å². The van der Waals surface area contributed by atoms with Crippen molar-refractivity contribution in [2.75, 3.05) is 13.2 Å². The first kappa shape index (κ1) is 13.5. The van der Waals surface area contributed by atoms with E-state index < -0.39 is 0 Å². The first-order valence-electron chi connectivity index (χ1n) is 5.94. The smallest absolute Gasteiger partial charge is 0.257 e. The van der Waals surface area contributed by atoms with E-state index in [0.717, 1.165) is 17.1 Å². The van der Waals surface area contributed by atoms with Crippen LogP contribution in [0.25, 0.3) is 0 Å². The van der Waals surface area contributed by atoms with E-state index in [0.29, 0.717) is 12.3 Å². The normalized spacial score (nSPS) is 10.2. The fourth-order valence-corrected chi connectivity index (χ4v) is 2.23. The van der Waals surface area contributed by atoms with Gasteiger partial charge in [0.05, 0.1) is 11.2 Å². The third kappa shape index (κ3) is 4.67. The Hall–Kier alpha value is -1.95. The van der Waals surface area contributed by atoms with Gasteiger partial charge in [-0.25, -0.2) is 4.98 Å². The molecule has 2 aromatic heterocycles. The zero-order valence-electron chi connectivity index (χ0n) is 10.6. The molecular formula is C13H15N3O2S. The fourth-order valence-electron chi connectivity index (χ4n) is 1.46. The number of aryl methyl sites for hydroxylation is 1. The van der Waals surface area contributed by atoms with Crippen LogP contribution < -0.4 is 10.1 Å². The van der Waals surface area contributed by atoms with E-state index in [2.05, 4.69) is 15.3 Å². The second kappa shape index (κ2) is 6.84. The average molecular weight is 277 g/mol. The van der Waals surface area contributed by atoms with Gasteiger partial charge >= 0.3 is 0 Å². The molecule has 2 rings (SSSR count). The number of amides is 1. The van der Waals surface area contributed by atoms with Gasteiger partial charge in [-0.15, -0.1) is 11.3 Å². The molecule has 6 heteroatoms. The number of nitrogens with zero attached hydrogens (tertiary/aromatic N) is 2. The van der Waals surface area contributed by atoms with E-state index in [1.54, 1.807) is 35.9 Å². The first-order valence-corrected chi connectivity index (χ1v) is 6.82. The lowest BCUT2D eigenvalue weighted by atomic mass is 10.4. The molecular weight excluding hydrogens is 262 g/mol. The largest absolute Gasteiger partial charge is 0.482 e. The van der Waals surface area contributed by atoms with E-state index in [-0.39, 0.29) is 12.5 Å². The van der Waals surface area contributed by atoms with Crippen LogP contribution in [0.15, 0.2) is 29.9 Å². The van der Waals surface area contributed by atoms with Crippen LogP contribution >= 0.6 is 11.3 Å². The number of aromatic nitrogens is 2. The molecule has 19 heavy (non-hydrogen) atoms. The SMILES string of the molecule is Cc1csc(CCNC(=O)COc2cccnc2)n1. The Morgan fingerprint density at radius 2 is 2.42 bits per heavy atom. The number of rotatable bonds is 6. The molecule has 0 unspecified atom stereocenters. The van der Waals surface area contributed by atoms with Crippen molar-refractivity contribution in [3.63, 3.8) is 0 Å². The van der Waals surface area contributed by atoms with Crippen molar-refractivity contribution in [1.29, 1.82) is 0 Å². The predicted octanol–water partition coefficient (Wildman–Crippen LogP) is 1.58. The van der Waals surface area contributed by atoms with Crippen LogP contribution in [0.1, 0.15) is 10.7 Å². The molecule has 0 fully saturated rings. The number of hydrogen-bond donors (Lipinski definition) is 1. The molecule has 100 valence electrons. The summed E-state index contributed by atoms with van der Waals surface area (Å²) in [5.74, 6) is 0.449. The maximum atomic E-state index is 11.5. The second-order valence-electron chi connectivity index (χ2n) is 3.96. The zero-order valence-corrected chi connectivity index (χ0v) is 11.4. The lowest BCUT2D eigenvalue weighted by Gasteiger charge is -2.06. The molecule has 5 nitrogen and oxygen atoms in total. The maximum absolute atomic E-state index is 11.5. The summed E-state index contributed by atoms with van der Waals surface area (Å²) >= 11 is 1.61. The highest BCUT2D eigenvalue weighted by Crippen LogP contribution is 2.08. The summed E-state index contributed by atoms with van der Waals surface area (Å²) in [7, 11) is 0. The number of carbonyl (C=O) groups is 1. The Morgan fingerprint density at radius 3 is 3.11 bits per heavy atom. The summed E-state index contributed by atoms with van der Waals surface area (Å²) < 4.78 is 5.29. The predicted molar refractivity (Wildman–Crippen MR) is 73.3 cm³/mol. The summed E-state index contributed by atoms with van der Waals surface area (Å²) in [5.41, 5.74) is 1.02. The highest BCUT2D eigenvalue weighted by molar-refractivity contribution is 7.09. The van der Waals surface area contributed by atoms with Crippen LogP contribution in [-0.4, -0.2) is 29.0 Å². The minimum Gasteiger partial charge on any atom is -0.482 e. The molecule has 0 aliphatic heterocycles. The van der Waals surface area contributed by atoms with Crippen molar-refractivity contribution >= 4 is 17.2 Å². The van der Waals surface area contributed by atoms with Gasteiger partial charge < -0.3 is 10.1 Å². The van der Waals surface area contributed by atoms with E-state index in [9.17, 15) is 4.79 Å². The molecule has 1 N–H and O–H groups in total. The summed E-state index contributed by atoms with van der Waals surface area (Å²) in [6, 6.07) is 3.52. The van der Waals surface area contributed by atoms with Gasteiger partial charge in [-0.05, 0) is 19.1 Å². The second-order valence-corrected chi connectivity index (χ2v) is 4.90. The summed E-state index contributed by atoms with van der Waals surface area (Å²) in [6.07, 6.45) is 3.98. The van der Waals surface area contributed by atoms with Gasteiger partial charge in [0.25, 0.3) is 5.91 Å². The third-order valence-corrected chi connectivity index (χ3v) is 3.36. The minimum absolute atomic E-state index is 0.00257. The standard InChI is InChI=1S/C13H15N3O2S/c1-10-9-19-13(16-10)4-6-15-12(17)8-18-11-3-2-5-14-7-11/h2-3,5,7,9H,4,6,8H2,1H3,(H,15,17). The monoisotopic (exact) mass is 277 g/mol. The molecule has 2 aromatic rings. The Morgan fingerprint density at radius 1 is 1.53 bits per heavy atom. The number of carbonyl (C=O) groups excluding carboxylic acids is 1. The van der Waals surface area contributed by atoms with Crippen LogP contribution in [0.5, 0.6) is 5.75 Å². The van der Waals surface area contributed by atoms with Gasteiger partial charge in [0.2, 0.25) is 0 Å². The van der Waals surface area contributed by atoms with Gasteiger partial charge in [-0.2, -0.15) is 0 Å². The zero-order chi connectivity index (χ0) is 13.5. The van der Waals surface area contributed by atoms with Crippen LogP contribution in [0.3, 0.4) is 0 Å². The number of thiazole rings is 1. The van der Waals surface area contributed by atoms with Crippen LogP contribution in [0.2, 0.25) is 0 Å². The van der Waals surface area contributed by atoms with Crippen molar-refractivity contribution in [3.05, 3.63) is 40.6 Å². The van der Waals surface area contributed by atoms with Gasteiger partial charge in [0.1, 0.15) is 5.75 Å². The highest BCUT2D eigenvalue weighted by atomic mass is 32.1. The quantitative estimate of drug-likeness (QED) is 0.870. The Balaban J connectivity index is 1.65. The Kier molecular flexibility index (Phi) is 4.85. The number of hydrogen-bond acceptors (Lipinski definition) is 5. The molecule has 0 aliphatic rings. The molecule has 0 spiro atoms. The van der Waals surface area contributed by atoms with Crippen molar-refractivity contribution in [1.82, 2.24) is 15.3 Å². The van der Waals surface area contributed by atoms with Gasteiger partial charge in [-0.3, -0.25) is 9.78 Å². The topological polar surface area (TPSA) is 64.1 Å². The molecule has 0 atom stereocenters. The van der Waals surface area contributed by atoms with Crippen molar-refractivity contribution in [2.45, 2.75) is 13.3 Å². The van der Waals surface area contributed by atoms with Crippen molar-refractivity contribution in [3.8, 4) is 5.75 Å². The lowest BCUT2D eigenvalue weighted by molar-refractivity contribution is -0.123. The molecule has 1 amide bonds. The number of pyridine rings is 1. The van der Waals surface area contributed by atoms with E-state index in [4.69, 9.17) is 4.74 Å². The fraction of sp³-hybridized carbons (Fsp3) is 0.308. The van der Waals surface area contributed by atoms with Gasteiger partial charge in [0, 0.05) is 30.2 Å². The third-order valence-electron chi connectivity index (χ3n) is 2.33. The molecule has 0 radical (unpaired) electrons. The van der Waals surface area contributed by atoms with Gasteiger partial charge in [0.15, 0.2) is 6.61 Å². The molecule has 0 aromatic carbocycles. The van der Waals surface area contributed by atoms with Crippen LogP contribution in [0.4, 0.5) is 0 Å². The maximum Gasteiger partial charge on any atom is 0.257 e. The van der Waals surface area contributed by atoms with Gasteiger partial charge in [-0.1, -0.05) is 0 Å². The van der Waals surface area contributed by atoms with E-state index in [1.165, 1.54) is 0 Å². The summed E-state index contributed by atoms with van der Waals surface area (Å²) in [6.45, 7) is 2.53. The van der Waals surface area contributed by atoms with Crippen molar-refractivity contribution in [2.24, 2.45) is 0 Å². The summed E-state index contributed by atoms with van der Waals surface area (Å²) in [4.78, 5) is 19.8. The summed E-state index contributed by atoms with van der Waals surface area (Å²) in [5, 5.41) is 5.83.